The molecule has 0 fully saturated rings. The van der Waals surface area contributed by atoms with Gasteiger partial charge in [-0.05, 0) is 49.6 Å². The van der Waals surface area contributed by atoms with Crippen molar-refractivity contribution in [2.24, 2.45) is 10.7 Å². The second-order valence-electron chi connectivity index (χ2n) is 4.24. The molecule has 0 aliphatic rings. The number of nitrogens with two attached hydrogens (primary N) is 1. The SMILES string of the molecule is C/C(C=NC(CCCN)C(=O)O)=C\c1cccnc1.CC. The van der Waals surface area contributed by atoms with Crippen LogP contribution in [0.3, 0.4) is 0 Å². The summed E-state index contributed by atoms with van der Waals surface area (Å²) in [7, 11) is 0. The van der Waals surface area contributed by atoms with Gasteiger partial charge in [-0.3, -0.25) is 9.98 Å². The number of nitrogens with zero attached hydrogens (tertiary/aromatic N) is 2. The van der Waals surface area contributed by atoms with Crippen molar-refractivity contribution in [3.8, 4) is 0 Å². The van der Waals surface area contributed by atoms with E-state index in [2.05, 4.69) is 9.98 Å². The molecule has 0 aliphatic heterocycles. The number of allylic oxidation sites excluding steroid dienone is 1. The van der Waals surface area contributed by atoms with Crippen LogP contribution in [-0.4, -0.2) is 34.9 Å². The molecule has 3 N–H and O–H groups in total. The molecule has 116 valence electrons. The second-order valence-corrected chi connectivity index (χ2v) is 4.24. The van der Waals surface area contributed by atoms with E-state index in [0.717, 1.165) is 11.1 Å². The van der Waals surface area contributed by atoms with Crippen molar-refractivity contribution < 1.29 is 9.90 Å². The van der Waals surface area contributed by atoms with Crippen LogP contribution >= 0.6 is 0 Å². The van der Waals surface area contributed by atoms with E-state index in [9.17, 15) is 4.79 Å². The van der Waals surface area contributed by atoms with Crippen molar-refractivity contribution in [3.63, 3.8) is 0 Å². The summed E-state index contributed by atoms with van der Waals surface area (Å²) >= 11 is 0. The fourth-order valence-electron chi connectivity index (χ4n) is 1.54. The maximum Gasteiger partial charge on any atom is 0.328 e. The summed E-state index contributed by atoms with van der Waals surface area (Å²) < 4.78 is 0. The number of aliphatic imine (C=N–C) groups is 1. The molecule has 0 spiro atoms. The van der Waals surface area contributed by atoms with Crippen molar-refractivity contribution in [2.45, 2.75) is 39.7 Å². The Balaban J connectivity index is 0.00000191. The fraction of sp³-hybridized carbons (Fsp3) is 0.438. The smallest absolute Gasteiger partial charge is 0.328 e. The van der Waals surface area contributed by atoms with E-state index in [4.69, 9.17) is 10.8 Å². The Bertz CT molecular complexity index is 456. The van der Waals surface area contributed by atoms with Gasteiger partial charge in [-0.2, -0.15) is 0 Å². The van der Waals surface area contributed by atoms with Gasteiger partial charge in [0.1, 0.15) is 6.04 Å². The third kappa shape index (κ3) is 8.70. The first-order valence-corrected chi connectivity index (χ1v) is 7.18. The summed E-state index contributed by atoms with van der Waals surface area (Å²) in [6, 6.07) is 3.05. The van der Waals surface area contributed by atoms with Gasteiger partial charge in [-0.15, -0.1) is 0 Å². The van der Waals surface area contributed by atoms with Crippen molar-refractivity contribution in [1.82, 2.24) is 4.98 Å². The lowest BCUT2D eigenvalue weighted by atomic mass is 10.1. The van der Waals surface area contributed by atoms with Gasteiger partial charge in [0, 0.05) is 18.6 Å². The molecule has 0 amide bonds. The van der Waals surface area contributed by atoms with E-state index in [1.54, 1.807) is 18.6 Å². The monoisotopic (exact) mass is 291 g/mol. The fourth-order valence-corrected chi connectivity index (χ4v) is 1.54. The summed E-state index contributed by atoms with van der Waals surface area (Å²) in [5.74, 6) is -0.918. The number of carbonyl (C=O) groups is 1. The number of carboxylic acid groups (broad SMARTS) is 1. The summed E-state index contributed by atoms with van der Waals surface area (Å²) in [5, 5.41) is 9.02. The lowest BCUT2D eigenvalue weighted by Crippen LogP contribution is -2.19. The van der Waals surface area contributed by atoms with Gasteiger partial charge >= 0.3 is 5.97 Å². The quantitative estimate of drug-likeness (QED) is 0.756. The Hall–Kier alpha value is -2.01. The molecule has 5 heteroatoms. The Morgan fingerprint density at radius 2 is 2.24 bits per heavy atom. The molecule has 1 rings (SSSR count). The lowest BCUT2D eigenvalue weighted by Gasteiger charge is -2.05. The lowest BCUT2D eigenvalue weighted by molar-refractivity contribution is -0.138. The number of aromatic nitrogens is 1. The topological polar surface area (TPSA) is 88.6 Å². The molecule has 1 aromatic heterocycles. The van der Waals surface area contributed by atoms with Gasteiger partial charge in [0.15, 0.2) is 0 Å². The molecule has 5 nitrogen and oxygen atoms in total. The number of carboxylic acids is 1. The first-order chi connectivity index (χ1) is 10.1. The molecule has 0 saturated heterocycles. The van der Waals surface area contributed by atoms with Crippen LogP contribution in [-0.2, 0) is 4.79 Å². The minimum Gasteiger partial charge on any atom is -0.480 e. The maximum atomic E-state index is 11.0. The van der Waals surface area contributed by atoms with Gasteiger partial charge in [0.05, 0.1) is 0 Å². The predicted octanol–water partition coefficient (Wildman–Crippen LogP) is 2.77. The molecule has 0 saturated carbocycles. The third-order valence-corrected chi connectivity index (χ3v) is 2.50. The van der Waals surface area contributed by atoms with Crippen molar-refractivity contribution in [2.75, 3.05) is 6.54 Å². The Kier molecular flexibility index (Phi) is 10.7. The summed E-state index contributed by atoms with van der Waals surface area (Å²) in [4.78, 5) is 19.1. The largest absolute Gasteiger partial charge is 0.480 e. The standard InChI is InChI=1S/C14H19N3O2.C2H6/c1-11(8-12-4-3-7-16-10-12)9-17-13(14(18)19)5-2-6-15;1-2/h3-4,7-10,13H,2,5-6,15H2,1H3,(H,18,19);1-2H3/b11-8+,17-9?;. The van der Waals surface area contributed by atoms with E-state index >= 15 is 0 Å². The van der Waals surface area contributed by atoms with E-state index < -0.39 is 12.0 Å². The van der Waals surface area contributed by atoms with Crippen LogP contribution in [0.1, 0.15) is 39.2 Å². The zero-order chi connectivity index (χ0) is 16.1. The Morgan fingerprint density at radius 1 is 1.52 bits per heavy atom. The van der Waals surface area contributed by atoms with Crippen LogP contribution in [0, 0.1) is 0 Å². The van der Waals surface area contributed by atoms with Gasteiger partial charge < -0.3 is 10.8 Å². The summed E-state index contributed by atoms with van der Waals surface area (Å²) in [6.07, 6.45) is 8.04. The molecule has 1 heterocycles. The number of pyridine rings is 1. The van der Waals surface area contributed by atoms with E-state index in [1.807, 2.05) is 39.0 Å². The Morgan fingerprint density at radius 3 is 2.76 bits per heavy atom. The highest BCUT2D eigenvalue weighted by Crippen LogP contribution is 2.05. The van der Waals surface area contributed by atoms with Gasteiger partial charge in [-0.1, -0.05) is 19.9 Å². The van der Waals surface area contributed by atoms with Gasteiger partial charge in [0.2, 0.25) is 0 Å². The number of hydrogen-bond donors (Lipinski definition) is 2. The minimum absolute atomic E-state index is 0.461. The minimum atomic E-state index is -0.918. The molecule has 1 unspecified atom stereocenters. The number of aliphatic carboxylic acids is 1. The highest BCUT2D eigenvalue weighted by atomic mass is 16.4. The maximum absolute atomic E-state index is 11.0. The molecule has 0 aromatic carbocycles. The van der Waals surface area contributed by atoms with Gasteiger partial charge in [-0.25, -0.2) is 4.79 Å². The molecular weight excluding hydrogens is 266 g/mol. The van der Waals surface area contributed by atoms with Crippen LogP contribution in [0.25, 0.3) is 6.08 Å². The van der Waals surface area contributed by atoms with E-state index in [-0.39, 0.29) is 0 Å². The highest BCUT2D eigenvalue weighted by molar-refractivity contribution is 5.86. The van der Waals surface area contributed by atoms with Crippen LogP contribution in [0.15, 0.2) is 35.1 Å². The normalized spacial score (nSPS) is 12.7. The van der Waals surface area contributed by atoms with Crippen LogP contribution < -0.4 is 5.73 Å². The number of hydrogen-bond acceptors (Lipinski definition) is 4. The molecule has 0 bridgehead atoms. The van der Waals surface area contributed by atoms with E-state index in [1.165, 1.54) is 0 Å². The molecule has 0 radical (unpaired) electrons. The van der Waals surface area contributed by atoms with Crippen LogP contribution in [0.5, 0.6) is 0 Å². The zero-order valence-corrected chi connectivity index (χ0v) is 13.0. The molecular formula is C16H25N3O2. The molecule has 1 aromatic rings. The third-order valence-electron chi connectivity index (χ3n) is 2.50. The van der Waals surface area contributed by atoms with Crippen LogP contribution in [0.4, 0.5) is 0 Å². The first kappa shape index (κ1) is 19.0. The summed E-state index contributed by atoms with van der Waals surface area (Å²) in [5.41, 5.74) is 7.21. The average Bonchev–Trinajstić information content (AvgIpc) is 2.50. The average molecular weight is 291 g/mol. The summed E-state index contributed by atoms with van der Waals surface area (Å²) in [6.45, 7) is 6.35. The van der Waals surface area contributed by atoms with Crippen LogP contribution in [0.2, 0.25) is 0 Å². The van der Waals surface area contributed by atoms with Gasteiger partial charge in [0.25, 0.3) is 0 Å². The second kappa shape index (κ2) is 11.8. The van der Waals surface area contributed by atoms with Crippen molar-refractivity contribution in [3.05, 3.63) is 35.7 Å². The molecule has 1 atom stereocenters. The molecule has 0 aliphatic carbocycles. The van der Waals surface area contributed by atoms with E-state index in [0.29, 0.717) is 19.4 Å². The number of rotatable bonds is 7. The first-order valence-electron chi connectivity index (χ1n) is 7.18. The van der Waals surface area contributed by atoms with Crippen molar-refractivity contribution in [1.29, 1.82) is 0 Å². The predicted molar refractivity (Wildman–Crippen MR) is 87.4 cm³/mol. The zero-order valence-electron chi connectivity index (χ0n) is 13.0. The Labute approximate surface area is 126 Å². The highest BCUT2D eigenvalue weighted by Gasteiger charge is 2.13. The van der Waals surface area contributed by atoms with Crippen molar-refractivity contribution >= 4 is 18.3 Å². The molecule has 21 heavy (non-hydrogen) atoms.